The fourth-order valence-corrected chi connectivity index (χ4v) is 4.18. The Morgan fingerprint density at radius 2 is 2.08 bits per heavy atom. The number of halogens is 2. The number of thioether (sulfide) groups is 1. The predicted molar refractivity (Wildman–Crippen MR) is 114 cm³/mol. The van der Waals surface area contributed by atoms with Crippen molar-refractivity contribution in [2.75, 3.05) is 41.4 Å². The first-order valence-electron chi connectivity index (χ1n) is 8.67. The monoisotopic (exact) mass is 405 g/mol. The van der Waals surface area contributed by atoms with Crippen molar-refractivity contribution in [1.29, 1.82) is 0 Å². The van der Waals surface area contributed by atoms with Gasteiger partial charge >= 0.3 is 0 Å². The number of hydrogen-bond acceptors (Lipinski definition) is 4. The summed E-state index contributed by atoms with van der Waals surface area (Å²) in [5, 5.41) is 6.48. The van der Waals surface area contributed by atoms with E-state index >= 15 is 0 Å². The Morgan fingerprint density at radius 3 is 2.76 bits per heavy atom. The van der Waals surface area contributed by atoms with Gasteiger partial charge in [0, 0.05) is 55.0 Å². The highest BCUT2D eigenvalue weighted by Crippen LogP contribution is 2.25. The molecule has 0 aromatic heterocycles. The molecule has 1 aromatic carbocycles. The summed E-state index contributed by atoms with van der Waals surface area (Å²) in [7, 11) is 0. The normalized spacial score (nSPS) is 21.0. The summed E-state index contributed by atoms with van der Waals surface area (Å²) in [6.45, 7) is 5.56. The fraction of sp³-hybridized carbons (Fsp3) is 0.611. The molecule has 1 atom stereocenters. The molecule has 2 fully saturated rings. The second-order valence-electron chi connectivity index (χ2n) is 6.70. The number of benzene rings is 1. The summed E-state index contributed by atoms with van der Waals surface area (Å²) in [4.78, 5) is 14.7. The van der Waals surface area contributed by atoms with Crippen LogP contribution in [0.1, 0.15) is 26.2 Å². The highest BCUT2D eigenvalue weighted by atomic mass is 35.5. The molecule has 7 heteroatoms. The maximum absolute atomic E-state index is 12.2. The fourth-order valence-electron chi connectivity index (χ4n) is 3.23. The van der Waals surface area contributed by atoms with Gasteiger partial charge in [-0.15, -0.1) is 24.8 Å². The highest BCUT2D eigenvalue weighted by Gasteiger charge is 2.18. The minimum absolute atomic E-state index is 0. The van der Waals surface area contributed by atoms with Crippen molar-refractivity contribution in [3.05, 3.63) is 24.3 Å². The molecular formula is C18H29Cl2N3OS. The zero-order valence-electron chi connectivity index (χ0n) is 14.7. The van der Waals surface area contributed by atoms with Gasteiger partial charge in [0.15, 0.2) is 0 Å². The van der Waals surface area contributed by atoms with Crippen LogP contribution in [0.4, 0.5) is 11.4 Å². The van der Waals surface area contributed by atoms with Crippen molar-refractivity contribution in [3.63, 3.8) is 0 Å². The van der Waals surface area contributed by atoms with Gasteiger partial charge in [0.1, 0.15) is 0 Å². The van der Waals surface area contributed by atoms with Gasteiger partial charge in [0.25, 0.3) is 0 Å². The van der Waals surface area contributed by atoms with Crippen LogP contribution in [0.2, 0.25) is 0 Å². The van der Waals surface area contributed by atoms with Crippen LogP contribution in [0.25, 0.3) is 0 Å². The zero-order chi connectivity index (χ0) is 16.1. The summed E-state index contributed by atoms with van der Waals surface area (Å²) in [5.41, 5.74) is 2.13. The average molecular weight is 406 g/mol. The summed E-state index contributed by atoms with van der Waals surface area (Å²) >= 11 is 1.92. The van der Waals surface area contributed by atoms with E-state index in [4.69, 9.17) is 0 Å². The van der Waals surface area contributed by atoms with E-state index in [1.54, 1.807) is 0 Å². The molecule has 2 heterocycles. The van der Waals surface area contributed by atoms with Crippen LogP contribution in [0.15, 0.2) is 24.3 Å². The molecule has 0 spiro atoms. The molecule has 0 bridgehead atoms. The lowest BCUT2D eigenvalue weighted by atomic mass is 9.99. The van der Waals surface area contributed by atoms with Gasteiger partial charge in [-0.3, -0.25) is 4.79 Å². The lowest BCUT2D eigenvalue weighted by Gasteiger charge is -2.32. The largest absolute Gasteiger partial charge is 0.371 e. The van der Waals surface area contributed by atoms with Crippen molar-refractivity contribution in [3.8, 4) is 0 Å². The zero-order valence-corrected chi connectivity index (χ0v) is 17.2. The van der Waals surface area contributed by atoms with Crippen LogP contribution in [0.5, 0.6) is 0 Å². The van der Waals surface area contributed by atoms with Crippen LogP contribution < -0.4 is 15.5 Å². The van der Waals surface area contributed by atoms with Gasteiger partial charge in [-0.2, -0.15) is 11.8 Å². The minimum Gasteiger partial charge on any atom is -0.371 e. The van der Waals surface area contributed by atoms with E-state index in [-0.39, 0.29) is 30.7 Å². The van der Waals surface area contributed by atoms with Crippen LogP contribution in [0, 0.1) is 5.92 Å². The van der Waals surface area contributed by atoms with E-state index in [0.717, 1.165) is 42.7 Å². The number of nitrogens with zero attached hydrogens (tertiary/aromatic N) is 1. The molecule has 1 unspecified atom stereocenters. The van der Waals surface area contributed by atoms with Crippen molar-refractivity contribution >= 4 is 53.9 Å². The second kappa shape index (κ2) is 11.2. The Balaban J connectivity index is 0.00000156. The van der Waals surface area contributed by atoms with Crippen LogP contribution in [0.3, 0.4) is 0 Å². The van der Waals surface area contributed by atoms with E-state index in [1.165, 1.54) is 18.5 Å². The van der Waals surface area contributed by atoms with Gasteiger partial charge in [-0.1, -0.05) is 13.0 Å². The first-order valence-corrected chi connectivity index (χ1v) is 9.82. The molecule has 2 aliphatic heterocycles. The maximum Gasteiger partial charge on any atom is 0.225 e. The van der Waals surface area contributed by atoms with Crippen LogP contribution >= 0.6 is 36.6 Å². The predicted octanol–water partition coefficient (Wildman–Crippen LogP) is 3.80. The van der Waals surface area contributed by atoms with Crippen molar-refractivity contribution in [1.82, 2.24) is 5.32 Å². The van der Waals surface area contributed by atoms with Gasteiger partial charge in [-0.25, -0.2) is 0 Å². The third kappa shape index (κ3) is 6.89. The molecule has 4 nitrogen and oxygen atoms in total. The van der Waals surface area contributed by atoms with Crippen LogP contribution in [-0.2, 0) is 4.79 Å². The SMILES string of the molecule is CC1CCN(c2cccc(NC(=O)CC3CSCCN3)c2)CC1.Cl.Cl. The molecule has 2 N–H and O–H groups in total. The molecule has 0 saturated carbocycles. The molecule has 142 valence electrons. The number of carbonyl (C=O) groups excluding carboxylic acids is 1. The number of hydrogen-bond donors (Lipinski definition) is 2. The van der Waals surface area contributed by atoms with Gasteiger partial charge < -0.3 is 15.5 Å². The number of anilines is 2. The van der Waals surface area contributed by atoms with Gasteiger partial charge in [0.2, 0.25) is 5.91 Å². The number of piperidine rings is 1. The van der Waals surface area contributed by atoms with Crippen molar-refractivity contribution < 1.29 is 4.79 Å². The summed E-state index contributed by atoms with van der Waals surface area (Å²) in [6.07, 6.45) is 3.06. The molecule has 25 heavy (non-hydrogen) atoms. The Labute approximate surface area is 167 Å². The van der Waals surface area contributed by atoms with E-state index in [2.05, 4.69) is 34.6 Å². The maximum atomic E-state index is 12.2. The molecule has 0 radical (unpaired) electrons. The van der Waals surface area contributed by atoms with Gasteiger partial charge in [-0.05, 0) is 37.0 Å². The first kappa shape index (κ1) is 22.4. The van der Waals surface area contributed by atoms with Gasteiger partial charge in [0.05, 0.1) is 0 Å². The van der Waals surface area contributed by atoms with E-state index in [1.807, 2.05) is 23.9 Å². The minimum atomic E-state index is 0. The average Bonchev–Trinajstić information content (AvgIpc) is 2.56. The lowest BCUT2D eigenvalue weighted by Crippen LogP contribution is -2.39. The Bertz CT molecular complexity index is 533. The Kier molecular flexibility index (Phi) is 10.0. The van der Waals surface area contributed by atoms with E-state index in [0.29, 0.717) is 12.5 Å². The van der Waals surface area contributed by atoms with Crippen molar-refractivity contribution in [2.24, 2.45) is 5.92 Å². The molecule has 1 aromatic rings. The molecule has 0 aliphatic carbocycles. The summed E-state index contributed by atoms with van der Waals surface area (Å²) in [6, 6.07) is 8.58. The van der Waals surface area contributed by atoms with Crippen LogP contribution in [-0.4, -0.2) is 43.1 Å². The van der Waals surface area contributed by atoms with Crippen molar-refractivity contribution in [2.45, 2.75) is 32.2 Å². The number of nitrogens with one attached hydrogen (secondary N) is 2. The third-order valence-electron chi connectivity index (χ3n) is 4.71. The standard InChI is InChI=1S/C18H27N3OS.2ClH/c1-14-5-8-21(9-6-14)17-4-2-3-15(11-17)20-18(22)12-16-13-23-10-7-19-16;;/h2-4,11,14,16,19H,5-10,12-13H2,1H3,(H,20,22);2*1H. The number of amides is 1. The topological polar surface area (TPSA) is 44.4 Å². The van der Waals surface area contributed by atoms with E-state index < -0.39 is 0 Å². The molecule has 2 aliphatic rings. The first-order chi connectivity index (χ1) is 11.2. The molecule has 3 rings (SSSR count). The summed E-state index contributed by atoms with van der Waals surface area (Å²) < 4.78 is 0. The summed E-state index contributed by atoms with van der Waals surface area (Å²) in [5.74, 6) is 3.11. The quantitative estimate of drug-likeness (QED) is 0.799. The Morgan fingerprint density at radius 1 is 1.32 bits per heavy atom. The second-order valence-corrected chi connectivity index (χ2v) is 7.85. The molecule has 2 saturated heterocycles. The Hall–Kier alpha value is -0.620. The number of carbonyl (C=O) groups is 1. The molecule has 1 amide bonds. The smallest absolute Gasteiger partial charge is 0.225 e. The van der Waals surface area contributed by atoms with E-state index in [9.17, 15) is 4.79 Å². The highest BCUT2D eigenvalue weighted by molar-refractivity contribution is 7.99. The lowest BCUT2D eigenvalue weighted by molar-refractivity contribution is -0.116. The number of rotatable bonds is 4. The third-order valence-corrected chi connectivity index (χ3v) is 5.84. The molecular weight excluding hydrogens is 377 g/mol.